The van der Waals surface area contributed by atoms with Gasteiger partial charge in [-0.15, -0.1) is 0 Å². The van der Waals surface area contributed by atoms with Crippen LogP contribution in [0.3, 0.4) is 0 Å². The molecule has 1 aliphatic heterocycles. The minimum Gasteiger partial charge on any atom is -0.357 e. The Kier molecular flexibility index (Phi) is 2.75. The monoisotopic (exact) mass is 186 g/mol. The summed E-state index contributed by atoms with van der Waals surface area (Å²) in [5.74, 6) is 1.88. The lowest BCUT2D eigenvalue weighted by Gasteiger charge is -2.31. The smallest absolute Gasteiger partial charge is 0.141 e. The van der Waals surface area contributed by atoms with Crippen LogP contribution < -0.4 is 10.5 Å². The summed E-state index contributed by atoms with van der Waals surface area (Å²) in [5, 5.41) is 0. The molecule has 0 saturated carbocycles. The summed E-state index contributed by atoms with van der Waals surface area (Å²) in [6.45, 7) is 4.53. The minimum absolute atomic E-state index is 0.612. The molecule has 2 radical (unpaired) electrons. The zero-order valence-electron chi connectivity index (χ0n) is 8.61. The number of aromatic nitrogens is 1. The van der Waals surface area contributed by atoms with Crippen LogP contribution in [0.15, 0.2) is 18.2 Å². The van der Waals surface area contributed by atoms with E-state index in [-0.39, 0.29) is 0 Å². The topological polar surface area (TPSA) is 16.1 Å². The first kappa shape index (κ1) is 9.57. The highest BCUT2D eigenvalue weighted by atomic mass is 15.2. The van der Waals surface area contributed by atoms with Crippen molar-refractivity contribution in [3.63, 3.8) is 0 Å². The normalized spacial score (nSPS) is 18.5. The molecule has 0 aromatic carbocycles. The van der Waals surface area contributed by atoms with Gasteiger partial charge >= 0.3 is 0 Å². The van der Waals surface area contributed by atoms with Gasteiger partial charge in [0.25, 0.3) is 0 Å². The van der Waals surface area contributed by atoms with E-state index < -0.39 is 0 Å². The maximum Gasteiger partial charge on any atom is 0.141 e. The largest absolute Gasteiger partial charge is 0.357 e. The number of hydrogen-bond acceptors (Lipinski definition) is 2. The molecule has 1 aromatic rings. The van der Waals surface area contributed by atoms with E-state index >= 15 is 0 Å². The van der Waals surface area contributed by atoms with E-state index in [4.69, 9.17) is 7.85 Å². The third-order valence-corrected chi connectivity index (χ3v) is 2.86. The zero-order valence-corrected chi connectivity index (χ0v) is 8.61. The van der Waals surface area contributed by atoms with E-state index in [0.717, 1.165) is 24.8 Å². The Morgan fingerprint density at radius 2 is 2.07 bits per heavy atom. The van der Waals surface area contributed by atoms with Crippen LogP contribution in [-0.4, -0.2) is 25.9 Å². The van der Waals surface area contributed by atoms with E-state index in [1.165, 1.54) is 12.8 Å². The van der Waals surface area contributed by atoms with Gasteiger partial charge in [0.1, 0.15) is 13.7 Å². The molecule has 0 aliphatic carbocycles. The molecule has 2 nitrogen and oxygen atoms in total. The maximum atomic E-state index is 5.65. The molecule has 0 amide bonds. The maximum absolute atomic E-state index is 5.65. The molecule has 1 fully saturated rings. The fourth-order valence-electron chi connectivity index (χ4n) is 1.85. The molecule has 3 heteroatoms. The summed E-state index contributed by atoms with van der Waals surface area (Å²) in [5.41, 5.74) is 0.612. The van der Waals surface area contributed by atoms with Gasteiger partial charge < -0.3 is 4.90 Å². The number of nitrogens with zero attached hydrogens (tertiary/aromatic N) is 2. The van der Waals surface area contributed by atoms with Crippen LogP contribution in [0.5, 0.6) is 0 Å². The lowest BCUT2D eigenvalue weighted by atomic mass is 9.99. The van der Waals surface area contributed by atoms with Crippen molar-refractivity contribution in [3.8, 4) is 0 Å². The minimum atomic E-state index is 0.612. The number of hydrogen-bond donors (Lipinski definition) is 0. The third-order valence-electron chi connectivity index (χ3n) is 2.86. The van der Waals surface area contributed by atoms with Crippen LogP contribution >= 0.6 is 0 Å². The van der Waals surface area contributed by atoms with E-state index in [1.54, 1.807) is 0 Å². The molecule has 2 rings (SSSR count). The van der Waals surface area contributed by atoms with Crippen molar-refractivity contribution in [1.29, 1.82) is 0 Å². The molecule has 0 N–H and O–H groups in total. The number of rotatable bonds is 1. The average molecular weight is 186 g/mol. The molecule has 0 unspecified atom stereocenters. The predicted octanol–water partition coefficient (Wildman–Crippen LogP) is 1.11. The van der Waals surface area contributed by atoms with Crippen molar-refractivity contribution in [3.05, 3.63) is 18.2 Å². The Hall–Kier alpha value is -0.985. The van der Waals surface area contributed by atoms with Crippen molar-refractivity contribution in [1.82, 2.24) is 4.98 Å². The van der Waals surface area contributed by atoms with Crippen LogP contribution in [0.25, 0.3) is 0 Å². The standard InChI is InChI=1S/C11H15BN2/c1-9-5-7-14(8-6-9)11-4-2-3-10(12)13-11/h2-4,9H,5-8H2,1H3. The first-order chi connectivity index (χ1) is 6.75. The van der Waals surface area contributed by atoms with Crippen molar-refractivity contribution in [2.24, 2.45) is 5.92 Å². The summed E-state index contributed by atoms with van der Waals surface area (Å²) in [6, 6.07) is 5.83. The van der Waals surface area contributed by atoms with Gasteiger partial charge in [-0.3, -0.25) is 0 Å². The van der Waals surface area contributed by atoms with Crippen LogP contribution in [0.1, 0.15) is 19.8 Å². The summed E-state index contributed by atoms with van der Waals surface area (Å²) < 4.78 is 0. The summed E-state index contributed by atoms with van der Waals surface area (Å²) >= 11 is 0. The van der Waals surface area contributed by atoms with Crippen molar-refractivity contribution in [2.45, 2.75) is 19.8 Å². The number of pyridine rings is 1. The van der Waals surface area contributed by atoms with Gasteiger partial charge in [0, 0.05) is 13.1 Å². The fraction of sp³-hybridized carbons (Fsp3) is 0.545. The van der Waals surface area contributed by atoms with Gasteiger partial charge in [0.15, 0.2) is 0 Å². The highest BCUT2D eigenvalue weighted by molar-refractivity contribution is 6.30. The number of anilines is 1. The van der Waals surface area contributed by atoms with Gasteiger partial charge in [-0.2, -0.15) is 0 Å². The zero-order chi connectivity index (χ0) is 9.97. The Bertz CT molecular complexity index is 306. The lowest BCUT2D eigenvalue weighted by molar-refractivity contribution is 0.437. The summed E-state index contributed by atoms with van der Waals surface area (Å²) in [6.07, 6.45) is 2.52. The van der Waals surface area contributed by atoms with Gasteiger partial charge in [-0.25, -0.2) is 4.98 Å². The molecule has 0 spiro atoms. The molecule has 1 aliphatic rings. The summed E-state index contributed by atoms with van der Waals surface area (Å²) in [7, 11) is 5.65. The van der Waals surface area contributed by atoms with Gasteiger partial charge in [-0.1, -0.05) is 19.1 Å². The highest BCUT2D eigenvalue weighted by Crippen LogP contribution is 2.20. The van der Waals surface area contributed by atoms with Gasteiger partial charge in [0.05, 0.1) is 0 Å². The van der Waals surface area contributed by atoms with Crippen molar-refractivity contribution >= 4 is 19.3 Å². The Morgan fingerprint density at radius 1 is 1.36 bits per heavy atom. The van der Waals surface area contributed by atoms with E-state index in [2.05, 4.69) is 16.8 Å². The first-order valence-electron chi connectivity index (χ1n) is 5.23. The second kappa shape index (κ2) is 4.03. The molecule has 14 heavy (non-hydrogen) atoms. The second-order valence-electron chi connectivity index (χ2n) is 4.09. The molecule has 2 heterocycles. The molecule has 1 saturated heterocycles. The molecule has 1 aromatic heterocycles. The van der Waals surface area contributed by atoms with Crippen molar-refractivity contribution < 1.29 is 0 Å². The molecule has 0 bridgehead atoms. The molecular formula is C11H15BN2. The average Bonchev–Trinajstić information content (AvgIpc) is 2.19. The first-order valence-corrected chi connectivity index (χ1v) is 5.23. The Balaban J connectivity index is 2.08. The number of piperidine rings is 1. The molecular weight excluding hydrogens is 171 g/mol. The second-order valence-corrected chi connectivity index (χ2v) is 4.09. The van der Waals surface area contributed by atoms with Crippen molar-refractivity contribution in [2.75, 3.05) is 18.0 Å². The molecule has 0 atom stereocenters. The Labute approximate surface area is 86.7 Å². The van der Waals surface area contributed by atoms with Crippen LogP contribution in [0.2, 0.25) is 0 Å². The molecule has 72 valence electrons. The quantitative estimate of drug-likeness (QED) is 0.610. The third kappa shape index (κ3) is 2.09. The van der Waals surface area contributed by atoms with Crippen LogP contribution in [-0.2, 0) is 0 Å². The van der Waals surface area contributed by atoms with Gasteiger partial charge in [0.2, 0.25) is 0 Å². The fourth-order valence-corrected chi connectivity index (χ4v) is 1.85. The predicted molar refractivity (Wildman–Crippen MR) is 60.2 cm³/mol. The SMILES string of the molecule is [B]c1cccc(N2CCC(C)CC2)n1. The highest BCUT2D eigenvalue weighted by Gasteiger charge is 2.16. The summed E-state index contributed by atoms with van der Waals surface area (Å²) in [4.78, 5) is 6.64. The van der Waals surface area contributed by atoms with Gasteiger partial charge in [-0.05, 0) is 30.4 Å². The van der Waals surface area contributed by atoms with Crippen LogP contribution in [0, 0.1) is 5.92 Å². The van der Waals surface area contributed by atoms with Crippen LogP contribution in [0.4, 0.5) is 5.82 Å². The van der Waals surface area contributed by atoms with E-state index in [1.807, 2.05) is 18.2 Å². The lowest BCUT2D eigenvalue weighted by Crippen LogP contribution is -2.34. The van der Waals surface area contributed by atoms with E-state index in [0.29, 0.717) is 5.59 Å². The Morgan fingerprint density at radius 3 is 2.71 bits per heavy atom. The van der Waals surface area contributed by atoms with E-state index in [9.17, 15) is 0 Å².